The van der Waals surface area contributed by atoms with Gasteiger partial charge in [0, 0.05) is 50.1 Å². The van der Waals surface area contributed by atoms with Crippen LogP contribution in [0.4, 0.5) is 4.79 Å². The van der Waals surface area contributed by atoms with Crippen LogP contribution in [-0.4, -0.2) is 51.2 Å². The number of hydrogen-bond donors (Lipinski definition) is 2. The van der Waals surface area contributed by atoms with Gasteiger partial charge in [0.1, 0.15) is 5.75 Å². The van der Waals surface area contributed by atoms with Gasteiger partial charge in [0.25, 0.3) is 0 Å². The Morgan fingerprint density at radius 3 is 2.58 bits per heavy atom. The first-order chi connectivity index (χ1) is 12.6. The summed E-state index contributed by atoms with van der Waals surface area (Å²) in [6.07, 6.45) is 5.80. The predicted octanol–water partition coefficient (Wildman–Crippen LogP) is 2.28. The van der Waals surface area contributed by atoms with Crippen LogP contribution in [0.5, 0.6) is 5.75 Å². The minimum Gasteiger partial charge on any atom is -0.508 e. The summed E-state index contributed by atoms with van der Waals surface area (Å²) in [5, 5.41) is 16.4. The second-order valence-electron chi connectivity index (χ2n) is 6.53. The minimum atomic E-state index is -0.0685. The number of amides is 2. The third-order valence-corrected chi connectivity index (χ3v) is 4.70. The first kappa shape index (κ1) is 18.0. The second-order valence-corrected chi connectivity index (χ2v) is 6.53. The molecule has 0 atom stereocenters. The van der Waals surface area contributed by atoms with Crippen LogP contribution in [0.2, 0.25) is 0 Å². The van der Waals surface area contributed by atoms with Crippen molar-refractivity contribution in [2.75, 3.05) is 19.6 Å². The van der Waals surface area contributed by atoms with Gasteiger partial charge in [-0.25, -0.2) is 4.79 Å². The molecule has 7 heteroatoms. The number of nitrogens with zero attached hydrogens (tertiary/aromatic N) is 3. The van der Waals surface area contributed by atoms with Crippen LogP contribution >= 0.6 is 0 Å². The van der Waals surface area contributed by atoms with Crippen LogP contribution in [-0.2, 0) is 6.54 Å². The Morgan fingerprint density at radius 1 is 1.19 bits per heavy atom. The maximum absolute atomic E-state index is 12.5. The van der Waals surface area contributed by atoms with E-state index in [1.807, 2.05) is 16.9 Å². The van der Waals surface area contributed by atoms with Gasteiger partial charge in [-0.2, -0.15) is 5.10 Å². The average Bonchev–Trinajstić information content (AvgIpc) is 3.19. The zero-order chi connectivity index (χ0) is 18.4. The third kappa shape index (κ3) is 4.62. The standard InChI is InChI=1S/C19H24N4O3/c24-17-5-3-15(4-6-17)18(25)16-7-13-22(14-8-16)19(26)20-9-1-11-23-12-2-10-21-23/h2-6,10,12,16,24H,1,7-9,11,13-14H2,(H,20,26). The van der Waals surface area contributed by atoms with Gasteiger partial charge in [-0.05, 0) is 49.6 Å². The topological polar surface area (TPSA) is 87.5 Å². The lowest BCUT2D eigenvalue weighted by Crippen LogP contribution is -2.45. The highest BCUT2D eigenvalue weighted by molar-refractivity contribution is 5.98. The number of hydrogen-bond acceptors (Lipinski definition) is 4. The van der Waals surface area contributed by atoms with E-state index < -0.39 is 0 Å². The SMILES string of the molecule is O=C(c1ccc(O)cc1)C1CCN(C(=O)NCCCn2cccn2)CC1. The number of urea groups is 1. The Bertz CT molecular complexity index is 720. The number of phenolic OH excluding ortho intramolecular Hbond substituents is 1. The fourth-order valence-corrected chi connectivity index (χ4v) is 3.19. The van der Waals surface area contributed by atoms with Gasteiger partial charge in [-0.15, -0.1) is 0 Å². The van der Waals surface area contributed by atoms with Crippen LogP contribution in [0.25, 0.3) is 0 Å². The van der Waals surface area contributed by atoms with Crippen molar-refractivity contribution in [3.63, 3.8) is 0 Å². The number of aromatic nitrogens is 2. The molecule has 2 heterocycles. The summed E-state index contributed by atoms with van der Waals surface area (Å²) < 4.78 is 1.84. The van der Waals surface area contributed by atoms with Crippen molar-refractivity contribution >= 4 is 11.8 Å². The second kappa shape index (κ2) is 8.51. The van der Waals surface area contributed by atoms with Crippen molar-refractivity contribution in [2.45, 2.75) is 25.8 Å². The highest BCUT2D eigenvalue weighted by atomic mass is 16.3. The number of nitrogens with one attached hydrogen (secondary N) is 1. The van der Waals surface area contributed by atoms with E-state index in [1.54, 1.807) is 23.2 Å². The van der Waals surface area contributed by atoms with Crippen molar-refractivity contribution in [1.82, 2.24) is 20.0 Å². The van der Waals surface area contributed by atoms with Gasteiger partial charge >= 0.3 is 6.03 Å². The Kier molecular flexibility index (Phi) is 5.88. The maximum Gasteiger partial charge on any atom is 0.317 e. The first-order valence-corrected chi connectivity index (χ1v) is 8.97. The first-order valence-electron chi connectivity index (χ1n) is 8.97. The number of piperidine rings is 1. The summed E-state index contributed by atoms with van der Waals surface area (Å²) in [5.41, 5.74) is 0.615. The molecule has 1 fully saturated rings. The zero-order valence-electron chi connectivity index (χ0n) is 14.7. The normalized spacial score (nSPS) is 15.0. The number of Topliss-reactive ketones (excluding diaryl/α,β-unsaturated/α-hetero) is 1. The molecule has 2 aromatic rings. The molecule has 0 bridgehead atoms. The molecule has 138 valence electrons. The molecule has 3 rings (SSSR count). The molecular formula is C19H24N4O3. The average molecular weight is 356 g/mol. The monoisotopic (exact) mass is 356 g/mol. The van der Waals surface area contributed by atoms with E-state index in [2.05, 4.69) is 10.4 Å². The molecule has 1 aromatic carbocycles. The number of benzene rings is 1. The van der Waals surface area contributed by atoms with Gasteiger partial charge in [0.15, 0.2) is 5.78 Å². The molecular weight excluding hydrogens is 332 g/mol. The van der Waals surface area contributed by atoms with Gasteiger partial charge in [0.05, 0.1) is 0 Å². The van der Waals surface area contributed by atoms with Crippen LogP contribution < -0.4 is 5.32 Å². The number of rotatable bonds is 6. The molecule has 1 aliphatic heterocycles. The summed E-state index contributed by atoms with van der Waals surface area (Å²) >= 11 is 0. The van der Waals surface area contributed by atoms with Crippen LogP contribution in [0.1, 0.15) is 29.6 Å². The van der Waals surface area contributed by atoms with E-state index in [9.17, 15) is 14.7 Å². The lowest BCUT2D eigenvalue weighted by Gasteiger charge is -2.31. The minimum absolute atomic E-state index is 0.0663. The lowest BCUT2D eigenvalue weighted by molar-refractivity contribution is 0.0854. The van der Waals surface area contributed by atoms with Crippen molar-refractivity contribution < 1.29 is 14.7 Å². The smallest absolute Gasteiger partial charge is 0.317 e. The van der Waals surface area contributed by atoms with Gasteiger partial charge in [-0.3, -0.25) is 9.48 Å². The molecule has 0 spiro atoms. The highest BCUT2D eigenvalue weighted by Gasteiger charge is 2.27. The number of ketones is 1. The third-order valence-electron chi connectivity index (χ3n) is 4.70. The summed E-state index contributed by atoms with van der Waals surface area (Å²) in [6, 6.07) is 8.16. The lowest BCUT2D eigenvalue weighted by atomic mass is 9.89. The quantitative estimate of drug-likeness (QED) is 0.614. The Morgan fingerprint density at radius 2 is 1.92 bits per heavy atom. The van der Waals surface area contributed by atoms with Crippen LogP contribution in [0.15, 0.2) is 42.7 Å². The largest absolute Gasteiger partial charge is 0.508 e. The molecule has 2 N–H and O–H groups in total. The number of likely N-dealkylation sites (tertiary alicyclic amines) is 1. The number of phenols is 1. The number of aromatic hydroxyl groups is 1. The maximum atomic E-state index is 12.5. The molecule has 26 heavy (non-hydrogen) atoms. The zero-order valence-corrected chi connectivity index (χ0v) is 14.7. The van der Waals surface area contributed by atoms with E-state index in [0.717, 1.165) is 13.0 Å². The number of carbonyl (C=O) groups excluding carboxylic acids is 2. The van der Waals surface area contributed by atoms with E-state index >= 15 is 0 Å². The molecule has 0 radical (unpaired) electrons. The van der Waals surface area contributed by atoms with E-state index in [-0.39, 0.29) is 23.5 Å². The van der Waals surface area contributed by atoms with Crippen molar-refractivity contribution in [2.24, 2.45) is 5.92 Å². The number of aryl methyl sites for hydroxylation is 1. The van der Waals surface area contributed by atoms with Crippen LogP contribution in [0, 0.1) is 5.92 Å². The van der Waals surface area contributed by atoms with Gasteiger partial charge < -0.3 is 15.3 Å². The van der Waals surface area contributed by atoms with Gasteiger partial charge in [-0.1, -0.05) is 0 Å². The predicted molar refractivity (Wildman–Crippen MR) is 97.0 cm³/mol. The fraction of sp³-hybridized carbons (Fsp3) is 0.421. The Labute approximate surface area is 152 Å². The van der Waals surface area contributed by atoms with Crippen molar-refractivity contribution in [3.8, 4) is 5.75 Å². The molecule has 0 unspecified atom stereocenters. The van der Waals surface area contributed by atoms with Gasteiger partial charge in [0.2, 0.25) is 0 Å². The van der Waals surface area contributed by atoms with E-state index in [4.69, 9.17) is 0 Å². The van der Waals surface area contributed by atoms with Crippen molar-refractivity contribution in [1.29, 1.82) is 0 Å². The molecule has 1 aliphatic rings. The fourth-order valence-electron chi connectivity index (χ4n) is 3.19. The number of carbonyl (C=O) groups is 2. The van der Waals surface area contributed by atoms with E-state index in [0.29, 0.717) is 38.0 Å². The van der Waals surface area contributed by atoms with Crippen molar-refractivity contribution in [3.05, 3.63) is 48.3 Å². The summed E-state index contributed by atoms with van der Waals surface area (Å²) in [7, 11) is 0. The summed E-state index contributed by atoms with van der Waals surface area (Å²) in [5.74, 6) is 0.174. The molecule has 1 aromatic heterocycles. The van der Waals surface area contributed by atoms with E-state index in [1.165, 1.54) is 12.1 Å². The summed E-state index contributed by atoms with van der Waals surface area (Å²) in [6.45, 7) is 2.54. The Balaban J connectivity index is 1.39. The molecule has 2 amide bonds. The molecule has 1 saturated heterocycles. The van der Waals surface area contributed by atoms with Crippen LogP contribution in [0.3, 0.4) is 0 Å². The highest BCUT2D eigenvalue weighted by Crippen LogP contribution is 2.22. The molecule has 0 aliphatic carbocycles. The molecule has 0 saturated carbocycles. The Hall–Kier alpha value is -2.83. The summed E-state index contributed by atoms with van der Waals surface area (Å²) in [4.78, 5) is 26.5. The molecule has 7 nitrogen and oxygen atoms in total.